The number of carbonyl (C=O) groups excluding carboxylic acids is 1. The summed E-state index contributed by atoms with van der Waals surface area (Å²) in [7, 11) is 0. The summed E-state index contributed by atoms with van der Waals surface area (Å²) >= 11 is 3.21. The van der Waals surface area contributed by atoms with E-state index in [0.717, 1.165) is 18.4 Å². The van der Waals surface area contributed by atoms with Gasteiger partial charge in [-0.3, -0.25) is 4.79 Å². The van der Waals surface area contributed by atoms with E-state index >= 15 is 0 Å². The first kappa shape index (κ1) is 13.0. The Labute approximate surface area is 121 Å². The third-order valence-electron chi connectivity index (χ3n) is 4.16. The molecule has 102 valence electrons. The molecule has 0 spiro atoms. The van der Waals surface area contributed by atoms with Gasteiger partial charge in [0.2, 0.25) is 0 Å². The van der Waals surface area contributed by atoms with Gasteiger partial charge in [0.25, 0.3) is 5.91 Å². The lowest BCUT2D eigenvalue weighted by Crippen LogP contribution is -2.31. The zero-order valence-corrected chi connectivity index (χ0v) is 12.3. The number of halogens is 1. The van der Waals surface area contributed by atoms with Crippen molar-refractivity contribution in [2.24, 2.45) is 17.8 Å². The van der Waals surface area contributed by atoms with Crippen LogP contribution >= 0.6 is 15.9 Å². The maximum absolute atomic E-state index is 12.1. The predicted octanol–water partition coefficient (Wildman–Crippen LogP) is 3.32. The smallest absolute Gasteiger partial charge is 0.251 e. The molecule has 1 amide bonds. The molecule has 0 heterocycles. The van der Waals surface area contributed by atoms with E-state index in [-0.39, 0.29) is 11.7 Å². The van der Waals surface area contributed by atoms with E-state index in [2.05, 4.69) is 21.2 Å². The zero-order valence-electron chi connectivity index (χ0n) is 10.7. The molecule has 0 saturated heterocycles. The van der Waals surface area contributed by atoms with Crippen LogP contribution in [0.3, 0.4) is 0 Å². The third-order valence-corrected chi connectivity index (χ3v) is 4.83. The van der Waals surface area contributed by atoms with Gasteiger partial charge in [0.05, 0.1) is 4.47 Å². The molecule has 0 bridgehead atoms. The van der Waals surface area contributed by atoms with E-state index in [4.69, 9.17) is 0 Å². The fraction of sp³-hybridized carbons (Fsp3) is 0.533. The van der Waals surface area contributed by atoms with Crippen molar-refractivity contribution >= 4 is 21.8 Å². The molecule has 2 aliphatic rings. The van der Waals surface area contributed by atoms with Gasteiger partial charge in [-0.25, -0.2) is 0 Å². The highest BCUT2D eigenvalue weighted by Crippen LogP contribution is 2.48. The summed E-state index contributed by atoms with van der Waals surface area (Å²) in [6.45, 7) is 0.783. The maximum Gasteiger partial charge on any atom is 0.251 e. The van der Waals surface area contributed by atoms with Gasteiger partial charge in [0.15, 0.2) is 0 Å². The molecular formula is C15H18BrNO2. The molecule has 4 heteroatoms. The molecule has 2 aliphatic carbocycles. The van der Waals surface area contributed by atoms with E-state index in [9.17, 15) is 9.90 Å². The van der Waals surface area contributed by atoms with Gasteiger partial charge in [-0.2, -0.15) is 0 Å². The van der Waals surface area contributed by atoms with Crippen LogP contribution in [-0.4, -0.2) is 17.6 Å². The first-order chi connectivity index (χ1) is 9.15. The van der Waals surface area contributed by atoms with E-state index in [1.807, 2.05) is 0 Å². The Morgan fingerprint density at radius 1 is 1.32 bits per heavy atom. The second-order valence-corrected chi connectivity index (χ2v) is 6.57. The van der Waals surface area contributed by atoms with Crippen LogP contribution in [0.2, 0.25) is 0 Å². The third kappa shape index (κ3) is 3.11. The molecule has 0 unspecified atom stereocenters. The number of benzene rings is 1. The number of carbonyl (C=O) groups is 1. The van der Waals surface area contributed by atoms with Gasteiger partial charge < -0.3 is 10.4 Å². The Morgan fingerprint density at radius 2 is 1.95 bits per heavy atom. The average Bonchev–Trinajstić information content (AvgIpc) is 3.26. The largest absolute Gasteiger partial charge is 0.507 e. The number of hydrogen-bond donors (Lipinski definition) is 2. The molecule has 0 aromatic heterocycles. The summed E-state index contributed by atoms with van der Waals surface area (Å²) in [5, 5.41) is 12.6. The SMILES string of the molecule is O=C(NCC(C1CC1)C1CC1)c1ccc(Br)c(O)c1. The van der Waals surface area contributed by atoms with E-state index < -0.39 is 0 Å². The predicted molar refractivity (Wildman–Crippen MR) is 77.1 cm³/mol. The van der Waals surface area contributed by atoms with Crippen LogP contribution in [-0.2, 0) is 0 Å². The monoisotopic (exact) mass is 323 g/mol. The quantitative estimate of drug-likeness (QED) is 0.873. The topological polar surface area (TPSA) is 49.3 Å². The Hall–Kier alpha value is -1.03. The summed E-state index contributed by atoms with van der Waals surface area (Å²) in [4.78, 5) is 12.1. The van der Waals surface area contributed by atoms with Crippen LogP contribution in [0.4, 0.5) is 0 Å². The fourth-order valence-corrected chi connectivity index (χ4v) is 2.98. The first-order valence-corrected chi connectivity index (χ1v) is 7.71. The van der Waals surface area contributed by atoms with Crippen molar-refractivity contribution < 1.29 is 9.90 Å². The van der Waals surface area contributed by atoms with Gasteiger partial charge in [0.1, 0.15) is 5.75 Å². The molecule has 3 nitrogen and oxygen atoms in total. The summed E-state index contributed by atoms with van der Waals surface area (Å²) in [5.74, 6) is 2.37. The molecule has 2 saturated carbocycles. The number of rotatable bonds is 5. The summed E-state index contributed by atoms with van der Waals surface area (Å²) in [6.07, 6.45) is 5.32. The van der Waals surface area contributed by atoms with Crippen molar-refractivity contribution in [3.8, 4) is 5.75 Å². The van der Waals surface area contributed by atoms with E-state index in [1.165, 1.54) is 31.7 Å². The van der Waals surface area contributed by atoms with Crippen molar-refractivity contribution in [1.29, 1.82) is 0 Å². The Morgan fingerprint density at radius 3 is 2.47 bits per heavy atom. The van der Waals surface area contributed by atoms with Gasteiger partial charge in [-0.15, -0.1) is 0 Å². The minimum absolute atomic E-state index is 0.0888. The highest BCUT2D eigenvalue weighted by Gasteiger charge is 2.41. The van der Waals surface area contributed by atoms with Crippen LogP contribution in [0.15, 0.2) is 22.7 Å². The van der Waals surface area contributed by atoms with Gasteiger partial charge in [0, 0.05) is 12.1 Å². The lowest BCUT2D eigenvalue weighted by atomic mass is 9.98. The number of phenolic OH excluding ortho intramolecular Hbond substituents is 1. The maximum atomic E-state index is 12.1. The molecule has 0 radical (unpaired) electrons. The number of aromatic hydroxyl groups is 1. The molecule has 0 aliphatic heterocycles. The summed E-state index contributed by atoms with van der Waals surface area (Å²) < 4.78 is 0.609. The zero-order chi connectivity index (χ0) is 13.4. The molecule has 1 aromatic rings. The van der Waals surface area contributed by atoms with Gasteiger partial charge in [-0.05, 0) is 77.6 Å². The normalized spacial score (nSPS) is 18.6. The number of hydrogen-bond acceptors (Lipinski definition) is 2. The van der Waals surface area contributed by atoms with Crippen LogP contribution in [0.1, 0.15) is 36.0 Å². The molecule has 19 heavy (non-hydrogen) atoms. The molecule has 0 atom stereocenters. The second kappa shape index (κ2) is 5.16. The van der Waals surface area contributed by atoms with Crippen molar-refractivity contribution in [2.75, 3.05) is 6.54 Å². The van der Waals surface area contributed by atoms with Crippen molar-refractivity contribution in [3.05, 3.63) is 28.2 Å². The van der Waals surface area contributed by atoms with Crippen LogP contribution in [0, 0.1) is 17.8 Å². The highest BCUT2D eigenvalue weighted by atomic mass is 79.9. The standard InChI is InChI=1S/C15H18BrNO2/c16-13-6-5-11(7-14(13)18)15(19)17-8-12(9-1-2-9)10-3-4-10/h5-7,9-10,12,18H,1-4,8H2,(H,17,19). The highest BCUT2D eigenvalue weighted by molar-refractivity contribution is 9.10. The first-order valence-electron chi connectivity index (χ1n) is 6.92. The molecule has 2 N–H and O–H groups in total. The summed E-state index contributed by atoms with van der Waals surface area (Å²) in [6, 6.07) is 4.93. The lowest BCUT2D eigenvalue weighted by Gasteiger charge is -2.16. The van der Waals surface area contributed by atoms with Crippen molar-refractivity contribution in [1.82, 2.24) is 5.32 Å². The van der Waals surface area contributed by atoms with Crippen molar-refractivity contribution in [3.63, 3.8) is 0 Å². The molecular weight excluding hydrogens is 306 g/mol. The number of phenols is 1. The Balaban J connectivity index is 1.59. The molecule has 3 rings (SSSR count). The average molecular weight is 324 g/mol. The van der Waals surface area contributed by atoms with E-state index in [0.29, 0.717) is 16.0 Å². The van der Waals surface area contributed by atoms with Gasteiger partial charge >= 0.3 is 0 Å². The van der Waals surface area contributed by atoms with Crippen LogP contribution in [0.5, 0.6) is 5.75 Å². The van der Waals surface area contributed by atoms with Gasteiger partial charge in [-0.1, -0.05) is 0 Å². The van der Waals surface area contributed by atoms with Crippen LogP contribution in [0.25, 0.3) is 0 Å². The number of amides is 1. The minimum atomic E-state index is -0.0888. The Bertz CT molecular complexity index is 483. The molecule has 1 aromatic carbocycles. The Kier molecular flexibility index (Phi) is 3.52. The second-order valence-electron chi connectivity index (χ2n) is 5.71. The summed E-state index contributed by atoms with van der Waals surface area (Å²) in [5.41, 5.74) is 0.519. The van der Waals surface area contributed by atoms with Crippen molar-refractivity contribution in [2.45, 2.75) is 25.7 Å². The minimum Gasteiger partial charge on any atom is -0.507 e. The fourth-order valence-electron chi connectivity index (χ4n) is 2.73. The number of nitrogens with one attached hydrogen (secondary N) is 1. The molecule has 2 fully saturated rings. The van der Waals surface area contributed by atoms with Crippen LogP contribution < -0.4 is 5.32 Å². The lowest BCUT2D eigenvalue weighted by molar-refractivity contribution is 0.0943. The van der Waals surface area contributed by atoms with E-state index in [1.54, 1.807) is 12.1 Å².